The Kier molecular flexibility index (Phi) is 7.77. The van der Waals surface area contributed by atoms with Crippen LogP contribution in [0.4, 0.5) is 0 Å². The molecule has 1 unspecified atom stereocenters. The highest BCUT2D eigenvalue weighted by atomic mass is 35.5. The average molecular weight is 434 g/mol. The molecule has 0 bridgehead atoms. The molecule has 4 N–H and O–H groups in total. The molecule has 1 aliphatic rings. The standard InChI is InChI=1S/C24H32ClNO4/c1-4-30-18-8-5-15(6-9-18)11-17-12-16(7-10-19(17)25)21(14(2)3)22-24(29)23(28)20(27)13-26-22/h5-10,12,14,20-24,26-29H,4,11,13H2,1-3H3/t20-,21?,22+,23+,24+/m1/s1. The van der Waals surface area contributed by atoms with E-state index in [1.54, 1.807) is 0 Å². The molecule has 3 rings (SSSR count). The van der Waals surface area contributed by atoms with E-state index in [2.05, 4.69) is 25.2 Å². The van der Waals surface area contributed by atoms with Crippen molar-refractivity contribution in [2.45, 2.75) is 57.5 Å². The van der Waals surface area contributed by atoms with Crippen molar-refractivity contribution in [3.63, 3.8) is 0 Å². The SMILES string of the molecule is CCOc1ccc(Cc2cc(C(C(C)C)[C@@H]3NC[C@@H](O)[C@H](O)[C@H]3O)ccc2Cl)cc1. The van der Waals surface area contributed by atoms with Crippen molar-refractivity contribution < 1.29 is 20.1 Å². The van der Waals surface area contributed by atoms with Gasteiger partial charge in [0, 0.05) is 23.5 Å². The fourth-order valence-corrected chi connectivity index (χ4v) is 4.50. The Morgan fingerprint density at radius 1 is 1.07 bits per heavy atom. The van der Waals surface area contributed by atoms with Crippen molar-refractivity contribution >= 4 is 11.6 Å². The highest BCUT2D eigenvalue weighted by Crippen LogP contribution is 2.34. The van der Waals surface area contributed by atoms with Crippen molar-refractivity contribution in [3.8, 4) is 5.75 Å². The Labute approximate surface area is 183 Å². The van der Waals surface area contributed by atoms with Crippen LogP contribution in [0.2, 0.25) is 5.02 Å². The number of hydrogen-bond donors (Lipinski definition) is 4. The number of aliphatic hydroxyl groups excluding tert-OH is 3. The minimum absolute atomic E-state index is 0.0431. The highest BCUT2D eigenvalue weighted by molar-refractivity contribution is 6.31. The molecule has 0 spiro atoms. The summed E-state index contributed by atoms with van der Waals surface area (Å²) < 4.78 is 5.51. The first-order chi connectivity index (χ1) is 14.3. The third-order valence-corrected chi connectivity index (χ3v) is 6.23. The van der Waals surface area contributed by atoms with Crippen LogP contribution in [-0.2, 0) is 6.42 Å². The first-order valence-corrected chi connectivity index (χ1v) is 11.0. The maximum absolute atomic E-state index is 10.6. The van der Waals surface area contributed by atoms with Crippen LogP contribution in [-0.4, -0.2) is 52.8 Å². The van der Waals surface area contributed by atoms with Crippen LogP contribution in [0.1, 0.15) is 43.4 Å². The number of ether oxygens (including phenoxy) is 1. The minimum Gasteiger partial charge on any atom is -0.494 e. The molecule has 2 aromatic carbocycles. The lowest BCUT2D eigenvalue weighted by atomic mass is 9.76. The molecule has 1 saturated heterocycles. The maximum Gasteiger partial charge on any atom is 0.119 e. The predicted molar refractivity (Wildman–Crippen MR) is 119 cm³/mol. The molecule has 30 heavy (non-hydrogen) atoms. The van der Waals surface area contributed by atoms with Gasteiger partial charge in [0.1, 0.15) is 11.9 Å². The Balaban J connectivity index is 1.86. The Morgan fingerprint density at radius 2 is 1.77 bits per heavy atom. The van der Waals surface area contributed by atoms with Crippen molar-refractivity contribution in [3.05, 3.63) is 64.2 Å². The lowest BCUT2D eigenvalue weighted by Gasteiger charge is -2.42. The van der Waals surface area contributed by atoms with Crippen LogP contribution in [0.15, 0.2) is 42.5 Å². The van der Waals surface area contributed by atoms with Gasteiger partial charge in [0.25, 0.3) is 0 Å². The molecule has 164 valence electrons. The second kappa shape index (κ2) is 10.1. The summed E-state index contributed by atoms with van der Waals surface area (Å²) in [5.74, 6) is 1.01. The zero-order chi connectivity index (χ0) is 21.8. The van der Waals surface area contributed by atoms with Gasteiger partial charge < -0.3 is 25.4 Å². The van der Waals surface area contributed by atoms with E-state index in [1.807, 2.05) is 43.3 Å². The van der Waals surface area contributed by atoms with Gasteiger partial charge in [-0.3, -0.25) is 0 Å². The molecule has 0 radical (unpaired) electrons. The van der Waals surface area contributed by atoms with Crippen molar-refractivity contribution in [2.24, 2.45) is 5.92 Å². The smallest absolute Gasteiger partial charge is 0.119 e. The van der Waals surface area contributed by atoms with Gasteiger partial charge in [-0.2, -0.15) is 0 Å². The average Bonchev–Trinajstić information content (AvgIpc) is 2.72. The molecule has 0 amide bonds. The summed E-state index contributed by atoms with van der Waals surface area (Å²) in [6, 6.07) is 13.6. The van der Waals surface area contributed by atoms with Crippen molar-refractivity contribution in [2.75, 3.05) is 13.2 Å². The number of benzene rings is 2. The van der Waals surface area contributed by atoms with E-state index in [-0.39, 0.29) is 24.4 Å². The molecular formula is C24H32ClNO4. The van der Waals surface area contributed by atoms with E-state index < -0.39 is 18.3 Å². The van der Waals surface area contributed by atoms with Crippen LogP contribution < -0.4 is 10.1 Å². The molecule has 0 saturated carbocycles. The van der Waals surface area contributed by atoms with E-state index in [1.165, 1.54) is 0 Å². The minimum atomic E-state index is -1.16. The van der Waals surface area contributed by atoms with Gasteiger partial charge >= 0.3 is 0 Å². The lowest BCUT2D eigenvalue weighted by Crippen LogP contribution is -2.62. The summed E-state index contributed by atoms with van der Waals surface area (Å²) in [7, 11) is 0. The molecule has 1 aliphatic heterocycles. The summed E-state index contributed by atoms with van der Waals surface area (Å²) in [5, 5.41) is 34.6. The third-order valence-electron chi connectivity index (χ3n) is 5.86. The molecule has 5 nitrogen and oxygen atoms in total. The van der Waals surface area contributed by atoms with Crippen LogP contribution in [0.3, 0.4) is 0 Å². The maximum atomic E-state index is 10.6. The first-order valence-electron chi connectivity index (χ1n) is 10.6. The molecule has 1 fully saturated rings. The fourth-order valence-electron chi connectivity index (χ4n) is 4.31. The van der Waals surface area contributed by atoms with Crippen LogP contribution in [0.25, 0.3) is 0 Å². The zero-order valence-electron chi connectivity index (χ0n) is 17.8. The second-order valence-electron chi connectivity index (χ2n) is 8.36. The van der Waals surface area contributed by atoms with Gasteiger partial charge in [-0.1, -0.05) is 49.7 Å². The number of hydrogen-bond acceptors (Lipinski definition) is 5. The number of rotatable bonds is 7. The van der Waals surface area contributed by atoms with E-state index in [4.69, 9.17) is 16.3 Å². The molecule has 6 heteroatoms. The third kappa shape index (κ3) is 5.16. The van der Waals surface area contributed by atoms with Gasteiger partial charge in [-0.05, 0) is 54.2 Å². The summed E-state index contributed by atoms with van der Waals surface area (Å²) in [4.78, 5) is 0. The highest BCUT2D eigenvalue weighted by Gasteiger charge is 2.41. The second-order valence-corrected chi connectivity index (χ2v) is 8.76. The Hall–Kier alpha value is -1.63. The Bertz CT molecular complexity index is 826. The molecule has 5 atom stereocenters. The van der Waals surface area contributed by atoms with Crippen LogP contribution in [0, 0.1) is 5.92 Å². The summed E-state index contributed by atoms with van der Waals surface area (Å²) in [6.45, 7) is 7.03. The number of piperidine rings is 1. The molecule has 2 aromatic rings. The monoisotopic (exact) mass is 433 g/mol. The zero-order valence-corrected chi connectivity index (χ0v) is 18.5. The van der Waals surface area contributed by atoms with E-state index in [0.29, 0.717) is 18.1 Å². The van der Waals surface area contributed by atoms with E-state index in [0.717, 1.165) is 22.4 Å². The largest absolute Gasteiger partial charge is 0.494 e. The van der Waals surface area contributed by atoms with E-state index >= 15 is 0 Å². The first kappa shape index (κ1) is 23.0. The summed E-state index contributed by atoms with van der Waals surface area (Å²) in [5.41, 5.74) is 3.19. The number of aliphatic hydroxyl groups is 3. The van der Waals surface area contributed by atoms with Crippen LogP contribution in [0.5, 0.6) is 5.75 Å². The lowest BCUT2D eigenvalue weighted by molar-refractivity contribution is -0.1000. The quantitative estimate of drug-likeness (QED) is 0.539. The number of β-amino-alcohol motifs (C(OH)–C–C–N with tert-alkyl or cyclic N) is 1. The number of nitrogens with one attached hydrogen (secondary N) is 1. The Morgan fingerprint density at radius 3 is 2.40 bits per heavy atom. The van der Waals surface area contributed by atoms with Crippen molar-refractivity contribution in [1.82, 2.24) is 5.32 Å². The summed E-state index contributed by atoms with van der Waals surface area (Å²) in [6.07, 6.45) is -2.49. The molecule has 0 aliphatic carbocycles. The van der Waals surface area contributed by atoms with Gasteiger partial charge in [0.05, 0.1) is 18.8 Å². The normalized spacial score (nSPS) is 25.3. The van der Waals surface area contributed by atoms with Gasteiger partial charge in [-0.15, -0.1) is 0 Å². The molecular weight excluding hydrogens is 402 g/mol. The fraction of sp³-hybridized carbons (Fsp3) is 0.500. The van der Waals surface area contributed by atoms with E-state index in [9.17, 15) is 15.3 Å². The van der Waals surface area contributed by atoms with Gasteiger partial charge in [0.15, 0.2) is 0 Å². The molecule has 0 aromatic heterocycles. The topological polar surface area (TPSA) is 82.0 Å². The van der Waals surface area contributed by atoms with Gasteiger partial charge in [-0.25, -0.2) is 0 Å². The molecule has 1 heterocycles. The van der Waals surface area contributed by atoms with Gasteiger partial charge in [0.2, 0.25) is 0 Å². The van der Waals surface area contributed by atoms with Crippen molar-refractivity contribution in [1.29, 1.82) is 0 Å². The summed E-state index contributed by atoms with van der Waals surface area (Å²) >= 11 is 6.51. The van der Waals surface area contributed by atoms with Crippen LogP contribution >= 0.6 is 11.6 Å². The predicted octanol–water partition coefficient (Wildman–Crippen LogP) is 3.12. The number of halogens is 1.